The topological polar surface area (TPSA) is 62.3 Å². The average Bonchev–Trinajstić information content (AvgIpc) is 3.19. The van der Waals surface area contributed by atoms with Gasteiger partial charge in [-0.15, -0.1) is 11.3 Å². The first kappa shape index (κ1) is 17.9. The molecule has 1 aromatic heterocycles. The molecule has 2 heterocycles. The van der Waals surface area contributed by atoms with Crippen molar-refractivity contribution in [3.8, 4) is 0 Å². The number of sulfonamides is 1. The SMILES string of the molecule is Cc1cc(S(=O)(=O)NCC2CCCN2c2nccs2)c(Cl)cc1Cl. The van der Waals surface area contributed by atoms with Crippen molar-refractivity contribution in [2.75, 3.05) is 18.0 Å². The summed E-state index contributed by atoms with van der Waals surface area (Å²) >= 11 is 13.6. The van der Waals surface area contributed by atoms with Crippen LogP contribution in [0.25, 0.3) is 0 Å². The number of benzene rings is 1. The molecular formula is C15H17Cl2N3O2S2. The number of hydrogen-bond donors (Lipinski definition) is 1. The van der Waals surface area contributed by atoms with Crippen molar-refractivity contribution in [3.05, 3.63) is 39.3 Å². The third-order valence-corrected chi connectivity index (χ3v) is 7.16. The van der Waals surface area contributed by atoms with Crippen molar-refractivity contribution >= 4 is 49.7 Å². The number of thiazole rings is 1. The van der Waals surface area contributed by atoms with Crippen molar-refractivity contribution in [1.29, 1.82) is 0 Å². The van der Waals surface area contributed by atoms with E-state index >= 15 is 0 Å². The van der Waals surface area contributed by atoms with E-state index in [1.165, 1.54) is 12.1 Å². The first-order valence-corrected chi connectivity index (χ1v) is 10.6. The Morgan fingerprint density at radius 2 is 2.17 bits per heavy atom. The van der Waals surface area contributed by atoms with Crippen molar-refractivity contribution in [2.24, 2.45) is 0 Å². The predicted octanol–water partition coefficient (Wildman–Crippen LogP) is 3.71. The minimum Gasteiger partial charge on any atom is -0.344 e. The maximum Gasteiger partial charge on any atom is 0.242 e. The Balaban J connectivity index is 1.75. The normalized spacial score (nSPS) is 18.3. The Bertz CT molecular complexity index is 825. The van der Waals surface area contributed by atoms with Gasteiger partial charge < -0.3 is 4.90 Å². The monoisotopic (exact) mass is 405 g/mol. The molecule has 1 N–H and O–H groups in total. The molecule has 0 spiro atoms. The van der Waals surface area contributed by atoms with Crippen LogP contribution in [0.15, 0.2) is 28.6 Å². The van der Waals surface area contributed by atoms with E-state index in [1.807, 2.05) is 5.38 Å². The zero-order valence-corrected chi connectivity index (χ0v) is 16.1. The van der Waals surface area contributed by atoms with Gasteiger partial charge in [0.15, 0.2) is 5.13 Å². The van der Waals surface area contributed by atoms with Crippen LogP contribution >= 0.6 is 34.5 Å². The smallest absolute Gasteiger partial charge is 0.242 e. The van der Waals surface area contributed by atoms with Gasteiger partial charge in [0.25, 0.3) is 0 Å². The highest BCUT2D eigenvalue weighted by molar-refractivity contribution is 7.89. The number of anilines is 1. The molecule has 1 fully saturated rings. The summed E-state index contributed by atoms with van der Waals surface area (Å²) < 4.78 is 27.9. The van der Waals surface area contributed by atoms with Crippen molar-refractivity contribution < 1.29 is 8.42 Å². The summed E-state index contributed by atoms with van der Waals surface area (Å²) in [6, 6.07) is 3.06. The second-order valence-corrected chi connectivity index (χ2v) is 9.11. The fraction of sp³-hybridized carbons (Fsp3) is 0.400. The van der Waals surface area contributed by atoms with Gasteiger partial charge in [-0.05, 0) is 37.5 Å². The Hall–Kier alpha value is -0.860. The van der Waals surface area contributed by atoms with E-state index in [2.05, 4.69) is 14.6 Å². The van der Waals surface area contributed by atoms with E-state index in [-0.39, 0.29) is 16.0 Å². The van der Waals surface area contributed by atoms with Crippen LogP contribution in [-0.4, -0.2) is 32.5 Å². The fourth-order valence-corrected chi connectivity index (χ4v) is 5.42. The van der Waals surface area contributed by atoms with Crippen LogP contribution in [0.1, 0.15) is 18.4 Å². The second-order valence-electron chi connectivity index (χ2n) is 5.69. The lowest BCUT2D eigenvalue weighted by atomic mass is 10.2. The number of nitrogens with zero attached hydrogens (tertiary/aromatic N) is 2. The van der Waals surface area contributed by atoms with Crippen molar-refractivity contribution in [3.63, 3.8) is 0 Å². The molecule has 0 aliphatic carbocycles. The van der Waals surface area contributed by atoms with E-state index in [4.69, 9.17) is 23.2 Å². The number of aryl methyl sites for hydroxylation is 1. The van der Waals surface area contributed by atoms with Gasteiger partial charge in [-0.1, -0.05) is 23.2 Å². The molecule has 130 valence electrons. The molecule has 1 aliphatic rings. The maximum absolute atomic E-state index is 12.6. The summed E-state index contributed by atoms with van der Waals surface area (Å²) in [5.74, 6) is 0. The van der Waals surface area contributed by atoms with E-state index in [0.717, 1.165) is 24.5 Å². The van der Waals surface area contributed by atoms with Gasteiger partial charge in [0.2, 0.25) is 10.0 Å². The fourth-order valence-electron chi connectivity index (χ4n) is 2.78. The van der Waals surface area contributed by atoms with E-state index in [0.29, 0.717) is 17.1 Å². The molecule has 9 heteroatoms. The first-order chi connectivity index (χ1) is 11.4. The van der Waals surface area contributed by atoms with E-state index < -0.39 is 10.0 Å². The summed E-state index contributed by atoms with van der Waals surface area (Å²) in [7, 11) is -3.69. The van der Waals surface area contributed by atoms with E-state index in [9.17, 15) is 8.42 Å². The Kier molecular flexibility index (Phi) is 5.36. The zero-order chi connectivity index (χ0) is 17.3. The van der Waals surface area contributed by atoms with Crippen LogP contribution in [0.2, 0.25) is 10.0 Å². The van der Waals surface area contributed by atoms with Crippen LogP contribution in [0.3, 0.4) is 0 Å². The quantitative estimate of drug-likeness (QED) is 0.823. The molecule has 1 aromatic carbocycles. The Morgan fingerprint density at radius 3 is 2.88 bits per heavy atom. The molecule has 0 bridgehead atoms. The molecule has 3 rings (SSSR count). The highest BCUT2D eigenvalue weighted by Crippen LogP contribution is 2.29. The van der Waals surface area contributed by atoms with Crippen molar-refractivity contribution in [2.45, 2.75) is 30.7 Å². The highest BCUT2D eigenvalue weighted by Gasteiger charge is 2.28. The summed E-state index contributed by atoms with van der Waals surface area (Å²) in [5.41, 5.74) is 0.673. The molecule has 5 nitrogen and oxygen atoms in total. The molecule has 0 amide bonds. The van der Waals surface area contributed by atoms with Gasteiger partial charge in [0.1, 0.15) is 4.90 Å². The number of halogens is 2. The van der Waals surface area contributed by atoms with Crippen LogP contribution < -0.4 is 9.62 Å². The number of rotatable bonds is 5. The molecule has 2 aromatic rings. The molecular weight excluding hydrogens is 389 g/mol. The first-order valence-electron chi connectivity index (χ1n) is 7.50. The number of hydrogen-bond acceptors (Lipinski definition) is 5. The Labute approximate surface area is 155 Å². The standard InChI is InChI=1S/C15H17Cl2N3O2S2/c1-10-7-14(13(17)8-12(10)16)24(21,22)19-9-11-3-2-5-20(11)15-18-4-6-23-15/h4,6-8,11,19H,2-3,5,9H2,1H3. The summed E-state index contributed by atoms with van der Waals surface area (Å²) in [4.78, 5) is 6.53. The Morgan fingerprint density at radius 1 is 1.38 bits per heavy atom. The summed E-state index contributed by atoms with van der Waals surface area (Å²) in [5, 5.41) is 3.42. The molecule has 0 saturated carbocycles. The minimum atomic E-state index is -3.69. The van der Waals surface area contributed by atoms with Gasteiger partial charge in [0.05, 0.1) is 5.02 Å². The molecule has 0 radical (unpaired) electrons. The average molecular weight is 406 g/mol. The van der Waals surface area contributed by atoms with Gasteiger partial charge in [-0.3, -0.25) is 0 Å². The molecule has 1 unspecified atom stereocenters. The van der Waals surface area contributed by atoms with E-state index in [1.54, 1.807) is 24.5 Å². The van der Waals surface area contributed by atoms with Gasteiger partial charge >= 0.3 is 0 Å². The van der Waals surface area contributed by atoms with Crippen LogP contribution in [-0.2, 0) is 10.0 Å². The van der Waals surface area contributed by atoms with Crippen molar-refractivity contribution in [1.82, 2.24) is 9.71 Å². The van der Waals surface area contributed by atoms with Gasteiger partial charge in [0, 0.05) is 35.7 Å². The summed E-state index contributed by atoms with van der Waals surface area (Å²) in [6.07, 6.45) is 3.71. The summed E-state index contributed by atoms with van der Waals surface area (Å²) in [6.45, 7) is 2.96. The largest absolute Gasteiger partial charge is 0.344 e. The van der Waals surface area contributed by atoms with Crippen LogP contribution in [0.4, 0.5) is 5.13 Å². The number of nitrogens with one attached hydrogen (secondary N) is 1. The van der Waals surface area contributed by atoms with Crippen LogP contribution in [0.5, 0.6) is 0 Å². The lowest BCUT2D eigenvalue weighted by Gasteiger charge is -2.24. The lowest BCUT2D eigenvalue weighted by molar-refractivity contribution is 0.567. The van der Waals surface area contributed by atoms with Gasteiger partial charge in [-0.2, -0.15) is 0 Å². The van der Waals surface area contributed by atoms with Gasteiger partial charge in [-0.25, -0.2) is 18.1 Å². The minimum absolute atomic E-state index is 0.0601. The van der Waals surface area contributed by atoms with Crippen LogP contribution in [0, 0.1) is 6.92 Å². The lowest BCUT2D eigenvalue weighted by Crippen LogP contribution is -2.40. The molecule has 1 aliphatic heterocycles. The molecule has 1 saturated heterocycles. The molecule has 1 atom stereocenters. The third kappa shape index (κ3) is 3.70. The number of aromatic nitrogens is 1. The predicted molar refractivity (Wildman–Crippen MR) is 98.9 cm³/mol. The second kappa shape index (κ2) is 7.17. The zero-order valence-electron chi connectivity index (χ0n) is 13.0. The maximum atomic E-state index is 12.6. The molecule has 24 heavy (non-hydrogen) atoms. The highest BCUT2D eigenvalue weighted by atomic mass is 35.5. The third-order valence-electron chi connectivity index (χ3n) is 4.05.